The van der Waals surface area contributed by atoms with Crippen LogP contribution in [-0.2, 0) is 4.79 Å². The molecule has 0 saturated heterocycles. The van der Waals surface area contributed by atoms with Crippen molar-refractivity contribution in [3.05, 3.63) is 17.9 Å². The van der Waals surface area contributed by atoms with Gasteiger partial charge in [-0.2, -0.15) is 0 Å². The van der Waals surface area contributed by atoms with Gasteiger partial charge < -0.3 is 10.2 Å². The summed E-state index contributed by atoms with van der Waals surface area (Å²) < 4.78 is 0. The molecule has 0 spiro atoms. The molecule has 0 fully saturated rings. The number of aliphatic hydroxyl groups is 1. The molecule has 0 aromatic rings. The van der Waals surface area contributed by atoms with Crippen molar-refractivity contribution >= 4 is 5.97 Å². The molecule has 3 heteroatoms. The second-order valence-electron chi connectivity index (χ2n) is 3.10. The van der Waals surface area contributed by atoms with Crippen molar-refractivity contribution in [2.24, 2.45) is 0 Å². The fourth-order valence-corrected chi connectivity index (χ4v) is 0.992. The molecule has 0 aromatic heterocycles. The van der Waals surface area contributed by atoms with Crippen LogP contribution in [0.1, 0.15) is 25.7 Å². The van der Waals surface area contributed by atoms with Gasteiger partial charge in [-0.3, -0.25) is 4.79 Å². The second-order valence-corrected chi connectivity index (χ2v) is 3.10. The molecule has 0 aliphatic rings. The predicted octanol–water partition coefficient (Wildman–Crippen LogP) is 1.34. The maximum Gasteiger partial charge on any atom is 0.303 e. The smallest absolute Gasteiger partial charge is 0.303 e. The second kappa shape index (κ2) is 9.62. The number of aliphatic carboxylic acids is 1. The van der Waals surface area contributed by atoms with E-state index in [0.717, 1.165) is 0 Å². The molecule has 0 aliphatic carbocycles. The van der Waals surface area contributed by atoms with Crippen molar-refractivity contribution < 1.29 is 15.0 Å². The number of terminal acetylenes is 1. The van der Waals surface area contributed by atoms with Crippen molar-refractivity contribution in [2.75, 3.05) is 0 Å². The molecule has 2 N–H and O–H groups in total. The highest BCUT2D eigenvalue weighted by molar-refractivity contribution is 5.66. The van der Waals surface area contributed by atoms with Crippen LogP contribution in [0.15, 0.2) is 17.9 Å². The number of aliphatic hydroxyl groups excluding tert-OH is 1. The van der Waals surface area contributed by atoms with Gasteiger partial charge >= 0.3 is 5.97 Å². The van der Waals surface area contributed by atoms with Crippen LogP contribution in [0.2, 0.25) is 0 Å². The maximum absolute atomic E-state index is 10.2. The van der Waals surface area contributed by atoms with Crippen molar-refractivity contribution in [2.45, 2.75) is 31.8 Å². The molecule has 0 rings (SSSR count). The van der Waals surface area contributed by atoms with E-state index in [1.165, 1.54) is 12.2 Å². The van der Waals surface area contributed by atoms with E-state index < -0.39 is 12.1 Å². The Morgan fingerprint density at radius 3 is 2.81 bits per heavy atom. The summed E-state index contributed by atoms with van der Waals surface area (Å²) in [5.74, 6) is 6.24. The third-order valence-electron chi connectivity index (χ3n) is 1.73. The van der Waals surface area contributed by atoms with Gasteiger partial charge in [0.1, 0.15) is 0 Å². The average molecular weight is 218 g/mol. The van der Waals surface area contributed by atoms with E-state index in [-0.39, 0.29) is 6.42 Å². The Morgan fingerprint density at radius 1 is 1.44 bits per heavy atom. The summed E-state index contributed by atoms with van der Waals surface area (Å²) in [6, 6.07) is 0. The zero-order valence-electron chi connectivity index (χ0n) is 8.94. The topological polar surface area (TPSA) is 57.5 Å². The Morgan fingerprint density at radius 2 is 2.19 bits per heavy atom. The SMILES string of the molecule is C#CC#CC=C=C[C@H](O)CCCCC(=O)O. The summed E-state index contributed by atoms with van der Waals surface area (Å²) in [4.78, 5) is 10.2. The van der Waals surface area contributed by atoms with Gasteiger partial charge in [0.2, 0.25) is 0 Å². The minimum absolute atomic E-state index is 0.139. The third kappa shape index (κ3) is 10.2. The zero-order valence-corrected chi connectivity index (χ0v) is 8.94. The number of carboxylic acid groups (broad SMARTS) is 1. The van der Waals surface area contributed by atoms with Gasteiger partial charge in [0.15, 0.2) is 0 Å². The van der Waals surface area contributed by atoms with Crippen LogP contribution in [0.4, 0.5) is 0 Å². The predicted molar refractivity (Wildman–Crippen MR) is 61.4 cm³/mol. The van der Waals surface area contributed by atoms with Gasteiger partial charge in [0.25, 0.3) is 0 Å². The normalized spacial score (nSPS) is 10.0. The largest absolute Gasteiger partial charge is 0.481 e. The summed E-state index contributed by atoms with van der Waals surface area (Å²) in [6.45, 7) is 0. The number of hydrogen-bond donors (Lipinski definition) is 2. The lowest BCUT2D eigenvalue weighted by Gasteiger charge is -2.02. The molecular weight excluding hydrogens is 204 g/mol. The molecule has 0 heterocycles. The van der Waals surface area contributed by atoms with Crippen molar-refractivity contribution in [1.29, 1.82) is 0 Å². The number of unbranched alkanes of at least 4 members (excludes halogenated alkanes) is 1. The zero-order chi connectivity index (χ0) is 12.2. The first-order valence-electron chi connectivity index (χ1n) is 4.94. The van der Waals surface area contributed by atoms with Gasteiger partial charge in [-0.1, -0.05) is 5.92 Å². The van der Waals surface area contributed by atoms with Gasteiger partial charge in [0, 0.05) is 12.5 Å². The van der Waals surface area contributed by atoms with E-state index in [1.54, 1.807) is 0 Å². The van der Waals surface area contributed by atoms with Gasteiger partial charge in [-0.05, 0) is 37.2 Å². The highest BCUT2D eigenvalue weighted by Crippen LogP contribution is 2.04. The van der Waals surface area contributed by atoms with Gasteiger partial charge in [-0.25, -0.2) is 0 Å². The number of carbonyl (C=O) groups is 1. The summed E-state index contributed by atoms with van der Waals surface area (Å²) >= 11 is 0. The van der Waals surface area contributed by atoms with Crippen LogP contribution < -0.4 is 0 Å². The van der Waals surface area contributed by atoms with Crippen LogP contribution in [0.3, 0.4) is 0 Å². The molecule has 0 amide bonds. The summed E-state index contributed by atoms with van der Waals surface area (Å²) in [6.07, 6.45) is 9.09. The lowest BCUT2D eigenvalue weighted by atomic mass is 10.1. The number of rotatable bonds is 6. The van der Waals surface area contributed by atoms with Crippen LogP contribution in [-0.4, -0.2) is 22.3 Å². The molecule has 0 bridgehead atoms. The third-order valence-corrected chi connectivity index (χ3v) is 1.73. The van der Waals surface area contributed by atoms with E-state index in [0.29, 0.717) is 19.3 Å². The summed E-state index contributed by atoms with van der Waals surface area (Å²) in [5, 5.41) is 17.8. The van der Waals surface area contributed by atoms with E-state index in [1.807, 2.05) is 0 Å². The standard InChI is InChI=1S/C13H14O3/c1-2-3-4-5-6-9-12(14)10-7-8-11-13(15)16/h1,5,9,12,14H,7-8,10-11H2,(H,15,16)/t6?,12-/m0/s1. The van der Waals surface area contributed by atoms with Crippen molar-refractivity contribution in [3.8, 4) is 24.2 Å². The maximum atomic E-state index is 10.2. The van der Waals surface area contributed by atoms with Gasteiger partial charge in [-0.15, -0.1) is 12.2 Å². The van der Waals surface area contributed by atoms with Crippen LogP contribution >= 0.6 is 0 Å². The summed E-state index contributed by atoms with van der Waals surface area (Å²) in [7, 11) is 0. The highest BCUT2D eigenvalue weighted by atomic mass is 16.4. The lowest BCUT2D eigenvalue weighted by Crippen LogP contribution is -2.02. The molecule has 1 atom stereocenters. The van der Waals surface area contributed by atoms with E-state index in [4.69, 9.17) is 11.5 Å². The molecule has 0 aromatic carbocycles. The molecule has 0 radical (unpaired) electrons. The Hall–Kier alpha value is -1.93. The van der Waals surface area contributed by atoms with Gasteiger partial charge in [0.05, 0.1) is 6.10 Å². The Labute approximate surface area is 95.5 Å². The van der Waals surface area contributed by atoms with Crippen molar-refractivity contribution in [3.63, 3.8) is 0 Å². The quantitative estimate of drug-likeness (QED) is 0.402. The fraction of sp³-hybridized carbons (Fsp3) is 0.385. The number of hydrogen-bond acceptors (Lipinski definition) is 2. The Balaban J connectivity index is 3.74. The molecular formula is C13H14O3. The summed E-state index contributed by atoms with van der Waals surface area (Å²) in [5.41, 5.74) is 2.68. The first kappa shape index (κ1) is 14.1. The molecule has 16 heavy (non-hydrogen) atoms. The Bertz CT molecular complexity index is 370. The monoisotopic (exact) mass is 218 g/mol. The Kier molecular flexibility index (Phi) is 8.46. The van der Waals surface area contributed by atoms with E-state index >= 15 is 0 Å². The lowest BCUT2D eigenvalue weighted by molar-refractivity contribution is -0.137. The minimum Gasteiger partial charge on any atom is -0.481 e. The molecule has 84 valence electrons. The first-order valence-corrected chi connectivity index (χ1v) is 4.94. The van der Waals surface area contributed by atoms with Crippen molar-refractivity contribution in [1.82, 2.24) is 0 Å². The molecule has 0 unspecified atom stereocenters. The van der Waals surface area contributed by atoms with Crippen LogP contribution in [0.25, 0.3) is 0 Å². The van der Waals surface area contributed by atoms with E-state index in [9.17, 15) is 9.90 Å². The van der Waals surface area contributed by atoms with Crippen LogP contribution in [0.5, 0.6) is 0 Å². The molecule has 3 nitrogen and oxygen atoms in total. The average Bonchev–Trinajstić information content (AvgIpc) is 2.24. The van der Waals surface area contributed by atoms with E-state index in [2.05, 4.69) is 23.5 Å². The molecule has 0 saturated carbocycles. The minimum atomic E-state index is -0.811. The first-order chi connectivity index (χ1) is 7.66. The van der Waals surface area contributed by atoms with Crippen LogP contribution in [0, 0.1) is 24.2 Å². The molecule has 0 aliphatic heterocycles. The highest BCUT2D eigenvalue weighted by Gasteiger charge is 2.00. The number of carboxylic acids is 1. The fourth-order valence-electron chi connectivity index (χ4n) is 0.992.